The molecule has 0 aliphatic carbocycles. The van der Waals surface area contributed by atoms with Gasteiger partial charge in [0, 0.05) is 49.4 Å². The van der Waals surface area contributed by atoms with Crippen molar-refractivity contribution in [1.29, 1.82) is 0 Å². The second-order valence-electron chi connectivity index (χ2n) is 9.97. The number of rotatable bonds is 7. The molecule has 2 fully saturated rings. The van der Waals surface area contributed by atoms with E-state index in [2.05, 4.69) is 15.5 Å². The summed E-state index contributed by atoms with van der Waals surface area (Å²) in [6.07, 6.45) is 2.54. The highest BCUT2D eigenvalue weighted by Crippen LogP contribution is 2.21. The quantitative estimate of drug-likeness (QED) is 0.612. The number of ether oxygens (including phenoxy) is 1. The van der Waals surface area contributed by atoms with Gasteiger partial charge in [0.2, 0.25) is 11.8 Å². The van der Waals surface area contributed by atoms with E-state index in [9.17, 15) is 14.4 Å². The fraction of sp³-hybridized carbons (Fsp3) is 0.640. The SMILES string of the molecule is CC(C)(C)C(=O)Nc1ccc(C(=O)N2CCC[C@H](C(=O)NCCCN3CCOCC3)C2)cc1. The van der Waals surface area contributed by atoms with Gasteiger partial charge in [-0.25, -0.2) is 0 Å². The molecule has 182 valence electrons. The largest absolute Gasteiger partial charge is 0.379 e. The lowest BCUT2D eigenvalue weighted by Gasteiger charge is -2.32. The minimum atomic E-state index is -0.486. The van der Waals surface area contributed by atoms with Crippen LogP contribution in [0.5, 0.6) is 0 Å². The molecule has 3 amide bonds. The minimum Gasteiger partial charge on any atom is -0.379 e. The molecule has 2 N–H and O–H groups in total. The van der Waals surface area contributed by atoms with Crippen molar-refractivity contribution >= 4 is 23.4 Å². The van der Waals surface area contributed by atoms with Crippen LogP contribution in [0.15, 0.2) is 24.3 Å². The molecule has 1 aromatic carbocycles. The van der Waals surface area contributed by atoms with Crippen molar-refractivity contribution in [3.63, 3.8) is 0 Å². The maximum absolute atomic E-state index is 13.0. The highest BCUT2D eigenvalue weighted by atomic mass is 16.5. The highest BCUT2D eigenvalue weighted by molar-refractivity contribution is 5.97. The maximum Gasteiger partial charge on any atom is 0.253 e. The van der Waals surface area contributed by atoms with Crippen LogP contribution < -0.4 is 10.6 Å². The van der Waals surface area contributed by atoms with Crippen LogP contribution in [-0.4, -0.2) is 80.0 Å². The number of piperidine rings is 1. The second-order valence-corrected chi connectivity index (χ2v) is 9.97. The summed E-state index contributed by atoms with van der Waals surface area (Å²) in [6, 6.07) is 6.96. The zero-order valence-corrected chi connectivity index (χ0v) is 20.2. The van der Waals surface area contributed by atoms with Gasteiger partial charge in [-0.15, -0.1) is 0 Å². The number of likely N-dealkylation sites (tertiary alicyclic amines) is 1. The van der Waals surface area contributed by atoms with Gasteiger partial charge in [-0.05, 0) is 50.1 Å². The standard InChI is InChI=1S/C25H38N4O4/c1-25(2,3)24(32)27-21-9-7-19(8-10-21)23(31)29-13-4-6-20(18-29)22(30)26-11-5-12-28-14-16-33-17-15-28/h7-10,20H,4-6,11-18H2,1-3H3,(H,26,30)(H,27,32)/t20-/m0/s1. The molecule has 1 aromatic rings. The van der Waals surface area contributed by atoms with Crippen LogP contribution in [0.2, 0.25) is 0 Å². The van der Waals surface area contributed by atoms with Crippen molar-refractivity contribution in [2.45, 2.75) is 40.0 Å². The van der Waals surface area contributed by atoms with E-state index < -0.39 is 5.41 Å². The fourth-order valence-electron chi connectivity index (χ4n) is 4.06. The van der Waals surface area contributed by atoms with Crippen LogP contribution in [0, 0.1) is 11.3 Å². The van der Waals surface area contributed by atoms with Gasteiger partial charge in [0.25, 0.3) is 5.91 Å². The molecular weight excluding hydrogens is 420 g/mol. The average Bonchev–Trinajstić information content (AvgIpc) is 2.82. The summed E-state index contributed by atoms with van der Waals surface area (Å²) in [5.41, 5.74) is 0.746. The Balaban J connectivity index is 1.45. The van der Waals surface area contributed by atoms with Crippen LogP contribution in [-0.2, 0) is 14.3 Å². The molecule has 0 spiro atoms. The summed E-state index contributed by atoms with van der Waals surface area (Å²) in [5.74, 6) is -0.281. The summed E-state index contributed by atoms with van der Waals surface area (Å²) in [6.45, 7) is 11.8. The molecule has 1 atom stereocenters. The Hall–Kier alpha value is -2.45. The number of benzene rings is 1. The summed E-state index contributed by atoms with van der Waals surface area (Å²) >= 11 is 0. The molecule has 0 bridgehead atoms. The normalized spacial score (nSPS) is 19.7. The second kappa shape index (κ2) is 11.6. The van der Waals surface area contributed by atoms with E-state index in [1.54, 1.807) is 29.2 Å². The molecule has 0 saturated carbocycles. The molecule has 2 saturated heterocycles. The van der Waals surface area contributed by atoms with Crippen molar-refractivity contribution in [2.24, 2.45) is 11.3 Å². The smallest absolute Gasteiger partial charge is 0.253 e. The molecule has 0 radical (unpaired) electrons. The van der Waals surface area contributed by atoms with Gasteiger partial charge in [-0.3, -0.25) is 19.3 Å². The van der Waals surface area contributed by atoms with Crippen LogP contribution in [0.25, 0.3) is 0 Å². The molecule has 0 unspecified atom stereocenters. The summed E-state index contributed by atoms with van der Waals surface area (Å²) in [7, 11) is 0. The van der Waals surface area contributed by atoms with Crippen molar-refractivity contribution in [2.75, 3.05) is 57.8 Å². The van der Waals surface area contributed by atoms with Gasteiger partial charge >= 0.3 is 0 Å². The first-order valence-electron chi connectivity index (χ1n) is 12.0. The Labute approximate surface area is 197 Å². The van der Waals surface area contributed by atoms with Gasteiger partial charge in [0.15, 0.2) is 0 Å². The molecule has 3 rings (SSSR count). The third kappa shape index (κ3) is 7.54. The van der Waals surface area contributed by atoms with E-state index >= 15 is 0 Å². The molecule has 2 aliphatic rings. The third-order valence-corrected chi connectivity index (χ3v) is 6.20. The fourth-order valence-corrected chi connectivity index (χ4v) is 4.06. The Morgan fingerprint density at radius 3 is 2.42 bits per heavy atom. The maximum atomic E-state index is 13.0. The van der Waals surface area contributed by atoms with Crippen LogP contribution in [0.4, 0.5) is 5.69 Å². The monoisotopic (exact) mass is 458 g/mol. The van der Waals surface area contributed by atoms with E-state index in [0.717, 1.165) is 52.1 Å². The molecule has 2 heterocycles. The molecule has 2 aliphatic heterocycles. The Morgan fingerprint density at radius 1 is 1.06 bits per heavy atom. The van der Waals surface area contributed by atoms with Crippen molar-refractivity contribution in [3.8, 4) is 0 Å². The molecule has 0 aromatic heterocycles. The summed E-state index contributed by atoms with van der Waals surface area (Å²) in [4.78, 5) is 41.9. The first-order valence-corrected chi connectivity index (χ1v) is 12.0. The summed E-state index contributed by atoms with van der Waals surface area (Å²) in [5, 5.41) is 5.92. The van der Waals surface area contributed by atoms with Gasteiger partial charge in [-0.2, -0.15) is 0 Å². The lowest BCUT2D eigenvalue weighted by atomic mass is 9.95. The molecule has 8 nitrogen and oxygen atoms in total. The van der Waals surface area contributed by atoms with Crippen molar-refractivity contribution in [3.05, 3.63) is 29.8 Å². The Bertz CT molecular complexity index is 813. The first-order chi connectivity index (χ1) is 15.7. The number of nitrogens with zero attached hydrogens (tertiary/aromatic N) is 2. The highest BCUT2D eigenvalue weighted by Gasteiger charge is 2.29. The zero-order valence-electron chi connectivity index (χ0n) is 20.2. The average molecular weight is 459 g/mol. The predicted octanol–water partition coefficient (Wildman–Crippen LogP) is 2.36. The van der Waals surface area contributed by atoms with E-state index in [0.29, 0.717) is 30.9 Å². The van der Waals surface area contributed by atoms with Crippen LogP contribution in [0.3, 0.4) is 0 Å². The lowest BCUT2D eigenvalue weighted by molar-refractivity contribution is -0.126. The number of carbonyl (C=O) groups is 3. The number of hydrogen-bond donors (Lipinski definition) is 2. The van der Waals surface area contributed by atoms with Crippen LogP contribution in [0.1, 0.15) is 50.4 Å². The van der Waals surface area contributed by atoms with Gasteiger partial charge in [0.05, 0.1) is 19.1 Å². The topological polar surface area (TPSA) is 91.0 Å². The predicted molar refractivity (Wildman–Crippen MR) is 128 cm³/mol. The zero-order chi connectivity index (χ0) is 23.8. The number of nitrogens with one attached hydrogen (secondary N) is 2. The van der Waals surface area contributed by atoms with Gasteiger partial charge in [0.1, 0.15) is 0 Å². The lowest BCUT2D eigenvalue weighted by Crippen LogP contribution is -2.46. The third-order valence-electron chi connectivity index (χ3n) is 6.20. The number of amides is 3. The Kier molecular flexibility index (Phi) is 8.86. The van der Waals surface area contributed by atoms with E-state index in [1.165, 1.54) is 0 Å². The van der Waals surface area contributed by atoms with Crippen LogP contribution >= 0.6 is 0 Å². The Morgan fingerprint density at radius 2 is 1.76 bits per heavy atom. The van der Waals surface area contributed by atoms with Crippen molar-refractivity contribution in [1.82, 2.24) is 15.1 Å². The number of morpholine rings is 1. The van der Waals surface area contributed by atoms with E-state index in [1.807, 2.05) is 20.8 Å². The summed E-state index contributed by atoms with van der Waals surface area (Å²) < 4.78 is 5.36. The van der Waals surface area contributed by atoms with E-state index in [4.69, 9.17) is 4.74 Å². The number of hydrogen-bond acceptors (Lipinski definition) is 5. The molecule has 33 heavy (non-hydrogen) atoms. The minimum absolute atomic E-state index is 0.0368. The van der Waals surface area contributed by atoms with Crippen molar-refractivity contribution < 1.29 is 19.1 Å². The van der Waals surface area contributed by atoms with E-state index in [-0.39, 0.29) is 23.6 Å². The van der Waals surface area contributed by atoms with Gasteiger partial charge in [-0.1, -0.05) is 20.8 Å². The van der Waals surface area contributed by atoms with Gasteiger partial charge < -0.3 is 20.3 Å². The molecular formula is C25H38N4O4. The number of anilines is 1. The molecule has 8 heteroatoms. The first kappa shape index (κ1) is 25.2. The number of carbonyl (C=O) groups excluding carboxylic acids is 3.